The molecule has 0 atom stereocenters. The van der Waals surface area contributed by atoms with Crippen LogP contribution in [-0.4, -0.2) is 14.2 Å². The van der Waals surface area contributed by atoms with Gasteiger partial charge >= 0.3 is 0 Å². The number of rotatable bonds is 5. The maximum Gasteiger partial charge on any atom is 0.211 e. The third-order valence-electron chi connectivity index (χ3n) is 3.86. The van der Waals surface area contributed by atoms with Gasteiger partial charge in [0.05, 0.1) is 4.90 Å². The van der Waals surface area contributed by atoms with Gasteiger partial charge in [0, 0.05) is 9.14 Å². The van der Waals surface area contributed by atoms with Gasteiger partial charge < -0.3 is 0 Å². The summed E-state index contributed by atoms with van der Waals surface area (Å²) in [7, 11) is -4.16. The molecule has 6 heteroatoms. The van der Waals surface area contributed by atoms with E-state index in [2.05, 4.69) is 0 Å². The molecule has 0 aliphatic carbocycles. The van der Waals surface area contributed by atoms with E-state index in [1.165, 1.54) is 0 Å². The lowest BCUT2D eigenvalue weighted by molar-refractivity contribution is 0.104. The molecule has 3 aromatic rings. The number of carbonyl (C=O) groups is 1. The molecule has 0 amide bonds. The average Bonchev–Trinajstić information content (AvgIpc) is 2.69. The highest BCUT2D eigenvalue weighted by Gasteiger charge is 2.31. The van der Waals surface area contributed by atoms with Crippen LogP contribution in [0.15, 0.2) is 94.7 Å². The van der Waals surface area contributed by atoms with Gasteiger partial charge in [-0.05, 0) is 52.4 Å². The molecule has 0 saturated carbocycles. The van der Waals surface area contributed by atoms with Gasteiger partial charge in [-0.15, -0.1) is 0 Å². The Hall–Kier alpha value is -2.32. The fourth-order valence-corrected chi connectivity index (χ4v) is 5.43. The van der Waals surface area contributed by atoms with Crippen molar-refractivity contribution in [3.05, 3.63) is 107 Å². The summed E-state index contributed by atoms with van der Waals surface area (Å²) < 4.78 is 40.1. The maximum atomic E-state index is 13.3. The number of hydrogen-bond acceptors (Lipinski definition) is 3. The predicted molar refractivity (Wildman–Crippen MR) is 112 cm³/mol. The molecule has 0 aliphatic heterocycles. The van der Waals surface area contributed by atoms with Gasteiger partial charge in [-0.2, -0.15) is 0 Å². The molecule has 0 unspecified atom stereocenters. The first-order valence-electron chi connectivity index (χ1n) is 7.97. The van der Waals surface area contributed by atoms with Crippen molar-refractivity contribution >= 4 is 41.8 Å². The van der Waals surface area contributed by atoms with E-state index in [0.717, 1.165) is 24.3 Å². The molecule has 0 aromatic heterocycles. The van der Waals surface area contributed by atoms with Crippen molar-refractivity contribution in [2.75, 3.05) is 0 Å². The first-order valence-corrected chi connectivity index (χ1v) is 10.5. The van der Waals surface area contributed by atoms with Gasteiger partial charge in [-0.1, -0.05) is 60.7 Å². The smallest absolute Gasteiger partial charge is 0.211 e. The van der Waals surface area contributed by atoms with E-state index < -0.39 is 21.4 Å². The molecule has 3 rings (SSSR count). The molecule has 3 aromatic carbocycles. The lowest BCUT2D eigenvalue weighted by Crippen LogP contribution is -2.16. The summed E-state index contributed by atoms with van der Waals surface area (Å²) in [5.74, 6) is -1.15. The Morgan fingerprint density at radius 3 is 1.74 bits per heavy atom. The van der Waals surface area contributed by atoms with Crippen LogP contribution in [-0.2, 0) is 9.84 Å². The Balaban J connectivity index is 2.25. The zero-order valence-electron chi connectivity index (χ0n) is 14.0. The van der Waals surface area contributed by atoms with Crippen molar-refractivity contribution in [1.29, 1.82) is 0 Å². The summed E-state index contributed by atoms with van der Waals surface area (Å²) in [6.45, 7) is 0. The number of carbonyl (C=O) groups excluding carboxylic acids is 1. The molecule has 136 valence electrons. The second-order valence-electron chi connectivity index (χ2n) is 5.66. The van der Waals surface area contributed by atoms with Gasteiger partial charge in [0.25, 0.3) is 0 Å². The SMILES string of the molecule is O=C(/C(=C(\I)c1ccccc1)S(=O)(=O)c1ccc(F)cc1)c1ccccc1. The molecule has 0 saturated heterocycles. The van der Waals surface area contributed by atoms with Crippen molar-refractivity contribution in [2.45, 2.75) is 4.90 Å². The van der Waals surface area contributed by atoms with Gasteiger partial charge in [0.15, 0.2) is 0 Å². The van der Waals surface area contributed by atoms with Crippen LogP contribution in [0, 0.1) is 5.82 Å². The highest BCUT2D eigenvalue weighted by Crippen LogP contribution is 2.34. The number of allylic oxidation sites excluding steroid dienone is 1. The fourth-order valence-electron chi connectivity index (χ4n) is 2.51. The zero-order valence-corrected chi connectivity index (χ0v) is 16.9. The van der Waals surface area contributed by atoms with Crippen LogP contribution < -0.4 is 0 Å². The number of Topliss-reactive ketones (excluding diaryl/α,β-unsaturated/α-hetero) is 1. The quantitative estimate of drug-likeness (QED) is 0.211. The maximum absolute atomic E-state index is 13.3. The molecule has 0 N–H and O–H groups in total. The summed E-state index contributed by atoms with van der Waals surface area (Å²) >= 11 is 1.88. The Morgan fingerprint density at radius 1 is 0.741 bits per heavy atom. The Bertz CT molecular complexity index is 1090. The number of ketones is 1. The topological polar surface area (TPSA) is 51.2 Å². The minimum Gasteiger partial charge on any atom is -0.288 e. The van der Waals surface area contributed by atoms with Gasteiger partial charge in [0.1, 0.15) is 10.7 Å². The van der Waals surface area contributed by atoms with Crippen molar-refractivity contribution in [2.24, 2.45) is 0 Å². The van der Waals surface area contributed by atoms with E-state index in [9.17, 15) is 17.6 Å². The molecule has 0 heterocycles. The second-order valence-corrected chi connectivity index (χ2v) is 8.63. The van der Waals surface area contributed by atoms with Gasteiger partial charge in [-0.25, -0.2) is 12.8 Å². The van der Waals surface area contributed by atoms with Crippen LogP contribution in [0.25, 0.3) is 3.58 Å². The lowest BCUT2D eigenvalue weighted by Gasteiger charge is -2.12. The lowest BCUT2D eigenvalue weighted by atomic mass is 10.1. The second kappa shape index (κ2) is 8.14. The zero-order chi connectivity index (χ0) is 19.4. The summed E-state index contributed by atoms with van der Waals surface area (Å²) in [5.41, 5.74) is 0.881. The molecule has 0 radical (unpaired) electrons. The van der Waals surface area contributed by atoms with E-state index in [-0.39, 0.29) is 15.4 Å². The van der Waals surface area contributed by atoms with Gasteiger partial charge in [0.2, 0.25) is 15.6 Å². The largest absolute Gasteiger partial charge is 0.288 e. The molecular formula is C21H14FIO3S. The summed E-state index contributed by atoms with van der Waals surface area (Å²) in [6.07, 6.45) is 0. The van der Waals surface area contributed by atoms with E-state index >= 15 is 0 Å². The molecule has 0 spiro atoms. The number of hydrogen-bond donors (Lipinski definition) is 0. The van der Waals surface area contributed by atoms with Crippen molar-refractivity contribution in [1.82, 2.24) is 0 Å². The number of halogens is 2. The predicted octanol–water partition coefficient (Wildman–Crippen LogP) is 5.29. The van der Waals surface area contributed by atoms with Crippen molar-refractivity contribution in [3.8, 4) is 0 Å². The third-order valence-corrected chi connectivity index (χ3v) is 7.21. The van der Waals surface area contributed by atoms with Gasteiger partial charge in [-0.3, -0.25) is 4.79 Å². The average molecular weight is 492 g/mol. The molecule has 0 bridgehead atoms. The summed E-state index contributed by atoms with van der Waals surface area (Å²) in [6, 6.07) is 21.5. The third kappa shape index (κ3) is 4.17. The van der Waals surface area contributed by atoms with Crippen LogP contribution in [0.5, 0.6) is 0 Å². The first-order chi connectivity index (χ1) is 12.9. The van der Waals surface area contributed by atoms with E-state index in [0.29, 0.717) is 9.14 Å². The Morgan fingerprint density at radius 2 is 1.22 bits per heavy atom. The highest BCUT2D eigenvalue weighted by atomic mass is 127. The van der Waals surface area contributed by atoms with Crippen molar-refractivity contribution < 1.29 is 17.6 Å². The number of sulfone groups is 1. The first kappa shape index (κ1) is 19.4. The van der Waals surface area contributed by atoms with Crippen LogP contribution in [0.4, 0.5) is 4.39 Å². The molecular weight excluding hydrogens is 478 g/mol. The monoisotopic (exact) mass is 492 g/mol. The fraction of sp³-hybridized carbons (Fsp3) is 0. The van der Waals surface area contributed by atoms with Crippen LogP contribution in [0.2, 0.25) is 0 Å². The highest BCUT2D eigenvalue weighted by molar-refractivity contribution is 14.1. The minimum absolute atomic E-state index is 0.131. The Kier molecular flexibility index (Phi) is 5.86. The van der Waals surface area contributed by atoms with E-state index in [4.69, 9.17) is 0 Å². The van der Waals surface area contributed by atoms with E-state index in [1.54, 1.807) is 60.7 Å². The van der Waals surface area contributed by atoms with Crippen LogP contribution in [0.1, 0.15) is 15.9 Å². The van der Waals surface area contributed by atoms with Crippen LogP contribution in [0.3, 0.4) is 0 Å². The molecule has 0 aliphatic rings. The molecule has 3 nitrogen and oxygen atoms in total. The van der Waals surface area contributed by atoms with Crippen LogP contribution >= 0.6 is 22.6 Å². The molecule has 0 fully saturated rings. The normalized spacial score (nSPS) is 12.4. The van der Waals surface area contributed by atoms with E-state index in [1.807, 2.05) is 22.6 Å². The summed E-state index contributed by atoms with van der Waals surface area (Å²) in [4.78, 5) is 12.7. The summed E-state index contributed by atoms with van der Waals surface area (Å²) in [5, 5.41) is 0. The van der Waals surface area contributed by atoms with Crippen molar-refractivity contribution in [3.63, 3.8) is 0 Å². The Labute approximate surface area is 170 Å². The number of benzene rings is 3. The minimum atomic E-state index is -4.16. The standard InChI is InChI=1S/C21H14FIO3S/c22-17-11-13-18(14-12-17)27(25,26)21(19(23)15-7-3-1-4-8-15)20(24)16-9-5-2-6-10-16/h1-14H/b21-19+. The molecule has 27 heavy (non-hydrogen) atoms.